The van der Waals surface area contributed by atoms with Crippen molar-refractivity contribution in [3.63, 3.8) is 0 Å². The van der Waals surface area contributed by atoms with Crippen LogP contribution in [0.25, 0.3) is 11.1 Å². The largest absolute Gasteiger partial charge is 0.431 e. The monoisotopic (exact) mass is 348 g/mol. The number of fused-ring (bicyclic) bond motifs is 1. The summed E-state index contributed by atoms with van der Waals surface area (Å²) in [4.78, 5) is 16.3. The van der Waals surface area contributed by atoms with Crippen LogP contribution in [0.15, 0.2) is 33.9 Å². The van der Waals surface area contributed by atoms with Gasteiger partial charge >= 0.3 is 0 Å². The number of rotatable bonds is 6. The zero-order valence-corrected chi connectivity index (χ0v) is 14.4. The highest BCUT2D eigenvalue weighted by atomic mass is 32.2. The number of aromatic nitrogens is 3. The van der Waals surface area contributed by atoms with Crippen LogP contribution >= 0.6 is 23.1 Å². The molecule has 1 aromatic carbocycles. The molecular formula is C15H16N4O2S2. The Morgan fingerprint density at radius 3 is 2.96 bits per heavy atom. The Balaban J connectivity index is 1.54. The Kier molecular flexibility index (Phi) is 4.92. The molecule has 0 saturated carbocycles. The number of hydrogen-bond donors (Lipinski definition) is 1. The quantitative estimate of drug-likeness (QED) is 0.685. The van der Waals surface area contributed by atoms with E-state index in [2.05, 4.69) is 34.3 Å². The number of oxazole rings is 1. The lowest BCUT2D eigenvalue weighted by Gasteiger charge is -1.99. The fraction of sp³-hybridized carbons (Fsp3) is 0.333. The van der Waals surface area contributed by atoms with Gasteiger partial charge in [-0.2, -0.15) is 0 Å². The second-order valence-corrected chi connectivity index (χ2v) is 7.37. The molecule has 6 nitrogen and oxygen atoms in total. The lowest BCUT2D eigenvalue weighted by atomic mass is 10.1. The summed E-state index contributed by atoms with van der Waals surface area (Å²) < 4.78 is 5.56. The molecule has 120 valence electrons. The van der Waals surface area contributed by atoms with Gasteiger partial charge in [0.1, 0.15) is 10.5 Å². The molecule has 0 atom stereocenters. The van der Waals surface area contributed by atoms with Gasteiger partial charge in [-0.05, 0) is 18.1 Å². The molecule has 3 aromatic rings. The van der Waals surface area contributed by atoms with Crippen molar-refractivity contribution >= 4 is 45.2 Å². The summed E-state index contributed by atoms with van der Waals surface area (Å²) in [6.07, 6.45) is 0.866. The van der Waals surface area contributed by atoms with Crippen molar-refractivity contribution in [2.24, 2.45) is 5.92 Å². The van der Waals surface area contributed by atoms with E-state index in [0.29, 0.717) is 16.3 Å². The lowest BCUT2D eigenvalue weighted by Crippen LogP contribution is -2.13. The average Bonchev–Trinajstić information content (AvgIpc) is 3.10. The highest BCUT2D eigenvalue weighted by molar-refractivity contribution is 7.99. The molecular weight excluding hydrogens is 332 g/mol. The standard InChI is InChI=1S/C15H16N4O2S2/c1-9(2)7-13-18-19-14(23-13)17-12(20)8-22-15-16-10-5-3-4-6-11(10)21-15/h3-6,9H,7-8H2,1-2H3,(H,17,19,20). The zero-order valence-electron chi connectivity index (χ0n) is 12.8. The van der Waals surface area contributed by atoms with Crippen LogP contribution in [-0.2, 0) is 11.2 Å². The maximum atomic E-state index is 12.0. The molecule has 3 rings (SSSR count). The van der Waals surface area contributed by atoms with E-state index in [1.807, 2.05) is 24.3 Å². The minimum Gasteiger partial charge on any atom is -0.431 e. The van der Waals surface area contributed by atoms with Crippen molar-refractivity contribution < 1.29 is 9.21 Å². The van der Waals surface area contributed by atoms with Crippen LogP contribution in [0.5, 0.6) is 0 Å². The molecule has 1 N–H and O–H groups in total. The third-order valence-corrected chi connectivity index (χ3v) is 4.59. The Hall–Kier alpha value is -1.93. The van der Waals surface area contributed by atoms with Gasteiger partial charge in [0.25, 0.3) is 5.22 Å². The number of amides is 1. The second-order valence-electron chi connectivity index (χ2n) is 5.38. The summed E-state index contributed by atoms with van der Waals surface area (Å²) >= 11 is 2.67. The number of carbonyl (C=O) groups excluding carboxylic acids is 1. The lowest BCUT2D eigenvalue weighted by molar-refractivity contribution is -0.113. The van der Waals surface area contributed by atoms with Gasteiger partial charge in [0.2, 0.25) is 11.0 Å². The van der Waals surface area contributed by atoms with Crippen LogP contribution in [0.3, 0.4) is 0 Å². The summed E-state index contributed by atoms with van der Waals surface area (Å²) in [5, 5.41) is 12.8. The molecule has 1 amide bonds. The first-order valence-corrected chi connectivity index (χ1v) is 9.01. The molecule has 0 aliphatic rings. The molecule has 8 heteroatoms. The van der Waals surface area contributed by atoms with Gasteiger partial charge in [0.05, 0.1) is 5.75 Å². The predicted molar refractivity (Wildman–Crippen MR) is 91.8 cm³/mol. The van der Waals surface area contributed by atoms with E-state index in [1.54, 1.807) is 0 Å². The summed E-state index contributed by atoms with van der Waals surface area (Å²) in [5.41, 5.74) is 1.51. The average molecular weight is 348 g/mol. The fourth-order valence-electron chi connectivity index (χ4n) is 1.93. The van der Waals surface area contributed by atoms with Gasteiger partial charge in [-0.25, -0.2) is 4.98 Å². The number of hydrogen-bond acceptors (Lipinski definition) is 7. The Labute approximate surface area is 141 Å². The Morgan fingerprint density at radius 1 is 1.35 bits per heavy atom. The summed E-state index contributed by atoms with van der Waals surface area (Å²) in [6, 6.07) is 7.51. The van der Waals surface area contributed by atoms with Crippen molar-refractivity contribution in [3.05, 3.63) is 29.3 Å². The molecule has 0 saturated heterocycles. The third kappa shape index (κ3) is 4.29. The van der Waals surface area contributed by atoms with E-state index in [4.69, 9.17) is 4.42 Å². The Bertz CT molecular complexity index is 780. The summed E-state index contributed by atoms with van der Waals surface area (Å²) in [7, 11) is 0. The highest BCUT2D eigenvalue weighted by Crippen LogP contribution is 2.24. The summed E-state index contributed by atoms with van der Waals surface area (Å²) in [6.45, 7) is 4.24. The first-order valence-electron chi connectivity index (χ1n) is 7.21. The molecule has 0 aliphatic heterocycles. The van der Waals surface area contributed by atoms with Gasteiger partial charge in [0, 0.05) is 6.42 Å². The van der Waals surface area contributed by atoms with Crippen molar-refractivity contribution in [2.45, 2.75) is 25.5 Å². The van der Waals surface area contributed by atoms with Gasteiger partial charge in [0.15, 0.2) is 5.58 Å². The smallest absolute Gasteiger partial charge is 0.257 e. The van der Waals surface area contributed by atoms with Crippen LogP contribution in [0.1, 0.15) is 18.9 Å². The van der Waals surface area contributed by atoms with Crippen molar-refractivity contribution in [2.75, 3.05) is 11.1 Å². The number of anilines is 1. The van der Waals surface area contributed by atoms with E-state index < -0.39 is 0 Å². The molecule has 2 heterocycles. The van der Waals surface area contributed by atoms with E-state index in [9.17, 15) is 4.79 Å². The summed E-state index contributed by atoms with van der Waals surface area (Å²) in [5.74, 6) is 0.581. The van der Waals surface area contributed by atoms with Gasteiger partial charge in [-0.15, -0.1) is 10.2 Å². The molecule has 2 aromatic heterocycles. The number of benzene rings is 1. The number of thioether (sulfide) groups is 1. The normalized spacial score (nSPS) is 11.3. The van der Waals surface area contributed by atoms with E-state index in [1.165, 1.54) is 23.1 Å². The van der Waals surface area contributed by atoms with E-state index >= 15 is 0 Å². The Morgan fingerprint density at radius 2 is 2.17 bits per heavy atom. The van der Waals surface area contributed by atoms with Gasteiger partial charge < -0.3 is 4.42 Å². The third-order valence-electron chi connectivity index (χ3n) is 2.90. The first-order chi connectivity index (χ1) is 11.1. The van der Waals surface area contributed by atoms with Crippen molar-refractivity contribution in [3.8, 4) is 0 Å². The SMILES string of the molecule is CC(C)Cc1nnc(NC(=O)CSc2nc3ccccc3o2)s1. The van der Waals surface area contributed by atoms with E-state index in [-0.39, 0.29) is 11.7 Å². The predicted octanol–water partition coefficient (Wildman–Crippen LogP) is 3.61. The number of nitrogens with zero attached hydrogens (tertiary/aromatic N) is 3. The molecule has 0 unspecified atom stereocenters. The van der Waals surface area contributed by atoms with Crippen molar-refractivity contribution in [1.82, 2.24) is 15.2 Å². The number of carbonyl (C=O) groups is 1. The maximum absolute atomic E-state index is 12.0. The zero-order chi connectivity index (χ0) is 16.2. The molecule has 0 radical (unpaired) electrons. The molecule has 0 aliphatic carbocycles. The number of nitrogens with one attached hydrogen (secondary N) is 1. The van der Waals surface area contributed by atoms with Crippen LogP contribution in [-0.4, -0.2) is 26.8 Å². The maximum Gasteiger partial charge on any atom is 0.257 e. The van der Waals surface area contributed by atoms with Crippen LogP contribution in [0.4, 0.5) is 5.13 Å². The first kappa shape index (κ1) is 15.9. The number of para-hydroxylation sites is 2. The van der Waals surface area contributed by atoms with Crippen molar-refractivity contribution in [1.29, 1.82) is 0 Å². The molecule has 23 heavy (non-hydrogen) atoms. The van der Waals surface area contributed by atoms with Crippen LogP contribution in [0.2, 0.25) is 0 Å². The van der Waals surface area contributed by atoms with E-state index in [0.717, 1.165) is 22.5 Å². The molecule has 0 fully saturated rings. The topological polar surface area (TPSA) is 80.9 Å². The van der Waals surface area contributed by atoms with Crippen LogP contribution in [0, 0.1) is 5.92 Å². The van der Waals surface area contributed by atoms with Gasteiger partial charge in [-0.1, -0.05) is 49.1 Å². The molecule has 0 spiro atoms. The minimum atomic E-state index is -0.149. The highest BCUT2D eigenvalue weighted by Gasteiger charge is 2.12. The minimum absolute atomic E-state index is 0.149. The second kappa shape index (κ2) is 7.10. The van der Waals surface area contributed by atoms with Crippen LogP contribution < -0.4 is 5.32 Å². The fourth-order valence-corrected chi connectivity index (χ4v) is 3.54. The molecule has 0 bridgehead atoms. The van der Waals surface area contributed by atoms with Gasteiger partial charge in [-0.3, -0.25) is 10.1 Å².